The SMILES string of the molecule is O=C(Cc1c[nH]cn1)N1CCN(c2ccc(OC(F)F)c(OC3CCCC3)c2)C[C@@H]1Cc1ccccc1. The topological polar surface area (TPSA) is 70.7 Å². The Morgan fingerprint density at radius 3 is 2.62 bits per heavy atom. The van der Waals surface area contributed by atoms with Gasteiger partial charge in [0.15, 0.2) is 11.5 Å². The van der Waals surface area contributed by atoms with Crippen LogP contribution in [0.5, 0.6) is 11.5 Å². The van der Waals surface area contributed by atoms with E-state index < -0.39 is 6.61 Å². The molecule has 1 saturated carbocycles. The molecule has 7 nitrogen and oxygen atoms in total. The second kappa shape index (κ2) is 11.6. The minimum Gasteiger partial charge on any atom is -0.486 e. The van der Waals surface area contributed by atoms with Crippen LogP contribution in [-0.2, 0) is 17.6 Å². The molecule has 1 amide bonds. The van der Waals surface area contributed by atoms with Gasteiger partial charge < -0.3 is 24.3 Å². The molecule has 1 aliphatic heterocycles. The first kappa shape index (κ1) is 25.0. The Hall–Kier alpha value is -3.62. The molecule has 2 aliphatic rings. The second-order valence-electron chi connectivity index (χ2n) is 9.65. The van der Waals surface area contributed by atoms with E-state index in [2.05, 4.69) is 27.0 Å². The van der Waals surface area contributed by atoms with Gasteiger partial charge in [0.25, 0.3) is 0 Å². The van der Waals surface area contributed by atoms with Gasteiger partial charge in [-0.25, -0.2) is 4.98 Å². The Labute approximate surface area is 215 Å². The van der Waals surface area contributed by atoms with Gasteiger partial charge in [-0.15, -0.1) is 0 Å². The van der Waals surface area contributed by atoms with E-state index in [1.165, 1.54) is 0 Å². The van der Waals surface area contributed by atoms with Crippen LogP contribution < -0.4 is 14.4 Å². The number of ether oxygens (including phenoxy) is 2. The van der Waals surface area contributed by atoms with E-state index in [4.69, 9.17) is 9.47 Å². The number of carbonyl (C=O) groups is 1. The van der Waals surface area contributed by atoms with E-state index in [1.807, 2.05) is 23.1 Å². The third-order valence-electron chi connectivity index (χ3n) is 7.11. The Morgan fingerprint density at radius 1 is 1.08 bits per heavy atom. The lowest BCUT2D eigenvalue weighted by molar-refractivity contribution is -0.133. The zero-order valence-electron chi connectivity index (χ0n) is 20.7. The Bertz CT molecular complexity index is 1150. The summed E-state index contributed by atoms with van der Waals surface area (Å²) in [6, 6.07) is 15.2. The number of hydrogen-bond acceptors (Lipinski definition) is 5. The average Bonchev–Trinajstić information content (AvgIpc) is 3.60. The summed E-state index contributed by atoms with van der Waals surface area (Å²) in [5.41, 5.74) is 2.74. The lowest BCUT2D eigenvalue weighted by atomic mass is 10.0. The van der Waals surface area contributed by atoms with Crippen LogP contribution >= 0.6 is 0 Å². The summed E-state index contributed by atoms with van der Waals surface area (Å²) in [5, 5.41) is 0. The van der Waals surface area contributed by atoms with Crippen LogP contribution in [0.15, 0.2) is 61.1 Å². The van der Waals surface area contributed by atoms with Gasteiger partial charge in [-0.1, -0.05) is 30.3 Å². The molecule has 0 unspecified atom stereocenters. The van der Waals surface area contributed by atoms with Gasteiger partial charge >= 0.3 is 6.61 Å². The number of alkyl halides is 2. The number of nitrogens with one attached hydrogen (secondary N) is 1. The molecule has 2 fully saturated rings. The van der Waals surface area contributed by atoms with Crippen molar-refractivity contribution in [3.63, 3.8) is 0 Å². The van der Waals surface area contributed by atoms with Crippen LogP contribution in [0.1, 0.15) is 36.9 Å². The molecule has 1 aliphatic carbocycles. The smallest absolute Gasteiger partial charge is 0.387 e. The lowest BCUT2D eigenvalue weighted by Crippen LogP contribution is -2.56. The largest absolute Gasteiger partial charge is 0.486 e. The monoisotopic (exact) mass is 510 g/mol. The highest BCUT2D eigenvalue weighted by Crippen LogP contribution is 2.37. The molecule has 37 heavy (non-hydrogen) atoms. The molecule has 1 aromatic heterocycles. The number of H-pyrrole nitrogens is 1. The number of piperazine rings is 1. The standard InChI is InChI=1S/C28H32F2N4O3/c29-28(30)37-25-11-10-22(16-26(25)36-24-8-4-5-9-24)33-12-13-34(27(35)15-21-17-31-19-32-21)23(18-33)14-20-6-2-1-3-7-20/h1-3,6-7,10-11,16-17,19,23-24,28H,4-5,8-9,12-15,18H2,(H,31,32)/t23-/m0/s1. The highest BCUT2D eigenvalue weighted by Gasteiger charge is 2.31. The zero-order valence-corrected chi connectivity index (χ0v) is 20.7. The Kier molecular flexibility index (Phi) is 7.87. The van der Waals surface area contributed by atoms with Gasteiger partial charge in [-0.3, -0.25) is 4.79 Å². The maximum absolute atomic E-state index is 13.2. The van der Waals surface area contributed by atoms with Crippen LogP contribution in [0.2, 0.25) is 0 Å². The number of halogens is 2. The quantitative estimate of drug-likeness (QED) is 0.446. The number of nitrogens with zero attached hydrogens (tertiary/aromatic N) is 3. The number of amides is 1. The number of aromatic amines is 1. The second-order valence-corrected chi connectivity index (χ2v) is 9.65. The summed E-state index contributed by atoms with van der Waals surface area (Å²) in [5.74, 6) is 0.444. The van der Waals surface area contributed by atoms with E-state index in [-0.39, 0.29) is 30.2 Å². The number of anilines is 1. The van der Waals surface area contributed by atoms with Gasteiger partial charge in [-0.05, 0) is 49.8 Å². The summed E-state index contributed by atoms with van der Waals surface area (Å²) in [6.07, 6.45) is 8.26. The predicted molar refractivity (Wildman–Crippen MR) is 136 cm³/mol. The molecule has 0 bridgehead atoms. The van der Waals surface area contributed by atoms with Gasteiger partial charge in [-0.2, -0.15) is 8.78 Å². The first-order chi connectivity index (χ1) is 18.0. The first-order valence-corrected chi connectivity index (χ1v) is 12.9. The van der Waals surface area contributed by atoms with Gasteiger partial charge in [0.1, 0.15) is 0 Å². The van der Waals surface area contributed by atoms with E-state index in [1.54, 1.807) is 30.7 Å². The molecule has 2 heterocycles. The molecule has 9 heteroatoms. The number of aromatic nitrogens is 2. The van der Waals surface area contributed by atoms with Crippen molar-refractivity contribution < 1.29 is 23.0 Å². The normalized spacial score (nSPS) is 18.4. The minimum absolute atomic E-state index is 0.0117. The predicted octanol–water partition coefficient (Wildman–Crippen LogP) is 4.84. The number of hydrogen-bond donors (Lipinski definition) is 1. The minimum atomic E-state index is -2.92. The highest BCUT2D eigenvalue weighted by atomic mass is 19.3. The maximum Gasteiger partial charge on any atom is 0.387 e. The fraction of sp³-hybridized carbons (Fsp3) is 0.429. The van der Waals surface area contributed by atoms with Crippen molar-refractivity contribution in [2.45, 2.75) is 57.3 Å². The van der Waals surface area contributed by atoms with Crippen molar-refractivity contribution in [1.29, 1.82) is 0 Å². The number of rotatable bonds is 9. The third kappa shape index (κ3) is 6.39. The fourth-order valence-corrected chi connectivity index (χ4v) is 5.29. The number of imidazole rings is 1. The average molecular weight is 511 g/mol. The molecule has 1 atom stereocenters. The number of carbonyl (C=O) groups excluding carboxylic acids is 1. The Morgan fingerprint density at radius 2 is 1.89 bits per heavy atom. The van der Waals surface area contributed by atoms with Crippen molar-refractivity contribution in [2.24, 2.45) is 0 Å². The molecule has 2 aromatic carbocycles. The fourth-order valence-electron chi connectivity index (χ4n) is 5.29. The molecular weight excluding hydrogens is 478 g/mol. The summed E-state index contributed by atoms with van der Waals surface area (Å²) in [4.78, 5) is 24.5. The Balaban J connectivity index is 1.36. The lowest BCUT2D eigenvalue weighted by Gasteiger charge is -2.43. The third-order valence-corrected chi connectivity index (χ3v) is 7.11. The van der Waals surface area contributed by atoms with Crippen LogP contribution in [0, 0.1) is 0 Å². The summed E-state index contributed by atoms with van der Waals surface area (Å²) < 4.78 is 37.0. The molecule has 0 spiro atoms. The van der Waals surface area contributed by atoms with Crippen molar-refractivity contribution in [3.05, 3.63) is 72.3 Å². The van der Waals surface area contributed by atoms with E-state index in [0.29, 0.717) is 37.5 Å². The highest BCUT2D eigenvalue weighted by molar-refractivity contribution is 5.79. The zero-order chi connectivity index (χ0) is 25.6. The molecule has 1 N–H and O–H groups in total. The van der Waals surface area contributed by atoms with Crippen molar-refractivity contribution in [3.8, 4) is 11.5 Å². The number of benzene rings is 2. The molecule has 5 rings (SSSR count). The van der Waals surface area contributed by atoms with Crippen molar-refractivity contribution in [1.82, 2.24) is 14.9 Å². The van der Waals surface area contributed by atoms with E-state index in [9.17, 15) is 13.6 Å². The van der Waals surface area contributed by atoms with Gasteiger partial charge in [0.05, 0.1) is 30.6 Å². The van der Waals surface area contributed by atoms with Crippen LogP contribution in [0.3, 0.4) is 0 Å². The van der Waals surface area contributed by atoms with Gasteiger partial charge in [0.2, 0.25) is 5.91 Å². The molecule has 1 saturated heterocycles. The van der Waals surface area contributed by atoms with E-state index in [0.717, 1.165) is 36.9 Å². The van der Waals surface area contributed by atoms with Crippen molar-refractivity contribution in [2.75, 3.05) is 24.5 Å². The summed E-state index contributed by atoms with van der Waals surface area (Å²) >= 11 is 0. The maximum atomic E-state index is 13.2. The van der Waals surface area contributed by atoms with Gasteiger partial charge in [0, 0.05) is 37.6 Å². The molecular formula is C28H32F2N4O3. The molecule has 0 radical (unpaired) electrons. The van der Waals surface area contributed by atoms with Crippen LogP contribution in [0.4, 0.5) is 14.5 Å². The van der Waals surface area contributed by atoms with Crippen molar-refractivity contribution >= 4 is 11.6 Å². The van der Waals surface area contributed by atoms with Crippen LogP contribution in [0.25, 0.3) is 0 Å². The molecule has 3 aromatic rings. The van der Waals surface area contributed by atoms with E-state index >= 15 is 0 Å². The van der Waals surface area contributed by atoms with Crippen LogP contribution in [-0.4, -0.2) is 59.2 Å². The molecule has 196 valence electrons. The summed E-state index contributed by atoms with van der Waals surface area (Å²) in [6.45, 7) is -1.14. The summed E-state index contributed by atoms with van der Waals surface area (Å²) in [7, 11) is 0. The first-order valence-electron chi connectivity index (χ1n) is 12.9.